The van der Waals surface area contributed by atoms with E-state index in [0.29, 0.717) is 5.56 Å². The molecule has 7 nitrogen and oxygen atoms in total. The average Bonchev–Trinajstić information content (AvgIpc) is 2.62. The molecular weight excluding hydrogens is 338 g/mol. The second-order valence-electron chi connectivity index (χ2n) is 5.87. The van der Waals surface area contributed by atoms with Crippen LogP contribution < -0.4 is 4.74 Å². The van der Waals surface area contributed by atoms with Gasteiger partial charge in [-0.05, 0) is 38.5 Å². The van der Waals surface area contributed by atoms with Crippen molar-refractivity contribution in [3.63, 3.8) is 0 Å². The summed E-state index contributed by atoms with van der Waals surface area (Å²) in [6, 6.07) is 9.04. The molecule has 0 aliphatic carbocycles. The van der Waals surface area contributed by atoms with Crippen molar-refractivity contribution >= 4 is 17.4 Å². The van der Waals surface area contributed by atoms with E-state index in [4.69, 9.17) is 9.47 Å². The molecule has 1 atom stereocenters. The largest absolute Gasteiger partial charge is 0.496 e. The maximum absolute atomic E-state index is 12.6. The number of rotatable bonds is 6. The fourth-order valence-electron chi connectivity index (χ4n) is 2.47. The van der Waals surface area contributed by atoms with Crippen LogP contribution in [0.2, 0.25) is 0 Å². The molecule has 0 amide bonds. The van der Waals surface area contributed by atoms with Crippen LogP contribution in [0.15, 0.2) is 36.4 Å². The molecule has 26 heavy (non-hydrogen) atoms. The monoisotopic (exact) mass is 357 g/mol. The Kier molecular flexibility index (Phi) is 5.71. The average molecular weight is 357 g/mol. The van der Waals surface area contributed by atoms with Crippen LogP contribution in [0.5, 0.6) is 5.75 Å². The third-order valence-electron chi connectivity index (χ3n) is 3.93. The van der Waals surface area contributed by atoms with Crippen LogP contribution in [0.4, 0.5) is 5.69 Å². The van der Waals surface area contributed by atoms with Gasteiger partial charge in [-0.15, -0.1) is 0 Å². The van der Waals surface area contributed by atoms with Gasteiger partial charge in [0.25, 0.3) is 5.69 Å². The van der Waals surface area contributed by atoms with Crippen LogP contribution >= 0.6 is 0 Å². The van der Waals surface area contributed by atoms with E-state index in [1.165, 1.54) is 26.2 Å². The minimum absolute atomic E-state index is 0.109. The van der Waals surface area contributed by atoms with Gasteiger partial charge in [0.15, 0.2) is 6.10 Å². The highest BCUT2D eigenvalue weighted by Gasteiger charge is 2.25. The summed E-state index contributed by atoms with van der Waals surface area (Å²) < 4.78 is 10.3. The van der Waals surface area contributed by atoms with Crippen molar-refractivity contribution in [3.05, 3.63) is 68.8 Å². The number of nitro benzene ring substituents is 1. The fraction of sp³-hybridized carbons (Fsp3) is 0.263. The quantitative estimate of drug-likeness (QED) is 0.339. The smallest absolute Gasteiger partial charge is 0.342 e. The molecular formula is C19H19NO6. The van der Waals surface area contributed by atoms with Crippen molar-refractivity contribution in [1.29, 1.82) is 0 Å². The summed E-state index contributed by atoms with van der Waals surface area (Å²) in [5.74, 6) is -1.08. The zero-order valence-corrected chi connectivity index (χ0v) is 14.9. The minimum Gasteiger partial charge on any atom is -0.496 e. The number of hydrogen-bond acceptors (Lipinski definition) is 6. The standard InChI is InChI=1S/C19H19NO6/c1-11-5-6-12(2)15(9-11)18(21)13(3)26-19(22)16-10-14(20(23)24)7-8-17(16)25-4/h5-10,13H,1-4H3/t13-/m1/s1. The third-order valence-corrected chi connectivity index (χ3v) is 3.93. The number of methoxy groups -OCH3 is 1. The first-order chi connectivity index (χ1) is 12.2. The molecule has 0 aromatic heterocycles. The molecule has 0 saturated heterocycles. The van der Waals surface area contributed by atoms with E-state index < -0.39 is 17.0 Å². The van der Waals surface area contributed by atoms with Gasteiger partial charge in [-0.1, -0.05) is 17.7 Å². The predicted octanol–water partition coefficient (Wildman–Crippen LogP) is 3.65. The molecule has 0 saturated carbocycles. The van der Waals surface area contributed by atoms with Gasteiger partial charge in [0.2, 0.25) is 5.78 Å². The molecule has 0 aliphatic rings. The second-order valence-corrected chi connectivity index (χ2v) is 5.87. The first-order valence-corrected chi connectivity index (χ1v) is 7.89. The topological polar surface area (TPSA) is 95.7 Å². The molecule has 136 valence electrons. The zero-order chi connectivity index (χ0) is 19.4. The number of ketones is 1. The Labute approximate surface area is 150 Å². The van der Waals surface area contributed by atoms with Crippen LogP contribution in [0, 0.1) is 24.0 Å². The number of aryl methyl sites for hydroxylation is 2. The number of nitrogens with zero attached hydrogens (tertiary/aromatic N) is 1. The van der Waals surface area contributed by atoms with E-state index in [-0.39, 0.29) is 22.8 Å². The first kappa shape index (κ1) is 19.1. The van der Waals surface area contributed by atoms with Gasteiger partial charge in [-0.25, -0.2) is 4.79 Å². The Morgan fingerprint density at radius 3 is 2.38 bits per heavy atom. The van der Waals surface area contributed by atoms with Crippen molar-refractivity contribution in [1.82, 2.24) is 0 Å². The van der Waals surface area contributed by atoms with E-state index in [1.54, 1.807) is 13.0 Å². The van der Waals surface area contributed by atoms with Gasteiger partial charge in [0, 0.05) is 17.7 Å². The van der Waals surface area contributed by atoms with Crippen molar-refractivity contribution in [3.8, 4) is 5.75 Å². The number of non-ortho nitro benzene ring substituents is 1. The molecule has 2 aromatic carbocycles. The van der Waals surface area contributed by atoms with Gasteiger partial charge in [0.05, 0.1) is 12.0 Å². The van der Waals surface area contributed by atoms with E-state index in [2.05, 4.69) is 0 Å². The Morgan fingerprint density at radius 2 is 1.77 bits per heavy atom. The second kappa shape index (κ2) is 7.77. The lowest BCUT2D eigenvalue weighted by Gasteiger charge is -2.15. The lowest BCUT2D eigenvalue weighted by molar-refractivity contribution is -0.384. The molecule has 0 aliphatic heterocycles. The summed E-state index contributed by atoms with van der Waals surface area (Å²) in [5.41, 5.74) is 1.78. The Morgan fingerprint density at radius 1 is 1.08 bits per heavy atom. The molecule has 2 aromatic rings. The van der Waals surface area contributed by atoms with Crippen molar-refractivity contribution in [2.75, 3.05) is 7.11 Å². The van der Waals surface area contributed by atoms with Gasteiger partial charge in [-0.2, -0.15) is 0 Å². The molecule has 0 fully saturated rings. The van der Waals surface area contributed by atoms with Gasteiger partial charge < -0.3 is 9.47 Å². The highest BCUT2D eigenvalue weighted by atomic mass is 16.6. The number of Topliss-reactive ketones (excluding diaryl/α,β-unsaturated/α-hetero) is 1. The Bertz CT molecular complexity index is 874. The summed E-state index contributed by atoms with van der Waals surface area (Å²) in [4.78, 5) is 35.3. The maximum atomic E-state index is 12.6. The molecule has 0 heterocycles. The molecule has 0 bridgehead atoms. The fourth-order valence-corrected chi connectivity index (χ4v) is 2.47. The lowest BCUT2D eigenvalue weighted by Crippen LogP contribution is -2.25. The lowest BCUT2D eigenvalue weighted by atomic mass is 9.99. The molecule has 0 radical (unpaired) electrons. The zero-order valence-electron chi connectivity index (χ0n) is 14.9. The van der Waals surface area contributed by atoms with Crippen LogP contribution in [-0.2, 0) is 4.74 Å². The maximum Gasteiger partial charge on any atom is 0.342 e. The summed E-state index contributed by atoms with van der Waals surface area (Å²) >= 11 is 0. The van der Waals surface area contributed by atoms with E-state index >= 15 is 0 Å². The Balaban J connectivity index is 2.26. The number of benzene rings is 2. The van der Waals surface area contributed by atoms with Crippen molar-refractivity contribution in [2.45, 2.75) is 26.9 Å². The van der Waals surface area contributed by atoms with E-state index in [0.717, 1.165) is 17.2 Å². The molecule has 7 heteroatoms. The number of carbonyl (C=O) groups is 2. The molecule has 0 N–H and O–H groups in total. The number of carbonyl (C=O) groups excluding carboxylic acids is 2. The number of hydrogen-bond donors (Lipinski definition) is 0. The highest BCUT2D eigenvalue weighted by molar-refractivity contribution is 6.03. The van der Waals surface area contributed by atoms with Crippen molar-refractivity contribution in [2.24, 2.45) is 0 Å². The van der Waals surface area contributed by atoms with Gasteiger partial charge in [-0.3, -0.25) is 14.9 Å². The summed E-state index contributed by atoms with van der Waals surface area (Å²) in [7, 11) is 1.34. The number of ether oxygens (including phenoxy) is 2. The third kappa shape index (κ3) is 4.05. The molecule has 2 rings (SSSR count). The van der Waals surface area contributed by atoms with Crippen LogP contribution in [-0.4, -0.2) is 29.9 Å². The Hall–Kier alpha value is -3.22. The van der Waals surface area contributed by atoms with Crippen molar-refractivity contribution < 1.29 is 24.0 Å². The van der Waals surface area contributed by atoms with Gasteiger partial charge in [0.1, 0.15) is 11.3 Å². The van der Waals surface area contributed by atoms with Crippen LogP contribution in [0.25, 0.3) is 0 Å². The number of nitro groups is 1. The minimum atomic E-state index is -1.05. The summed E-state index contributed by atoms with van der Waals surface area (Å²) in [6.07, 6.45) is -1.05. The summed E-state index contributed by atoms with van der Waals surface area (Å²) in [6.45, 7) is 5.12. The van der Waals surface area contributed by atoms with Crippen LogP contribution in [0.3, 0.4) is 0 Å². The number of esters is 1. The SMILES string of the molecule is COc1ccc([N+](=O)[O-])cc1C(=O)O[C@H](C)C(=O)c1cc(C)ccc1C. The van der Waals surface area contributed by atoms with Crippen LogP contribution in [0.1, 0.15) is 38.8 Å². The normalized spacial score (nSPS) is 11.5. The molecule has 0 spiro atoms. The van der Waals surface area contributed by atoms with E-state index in [9.17, 15) is 19.7 Å². The van der Waals surface area contributed by atoms with Gasteiger partial charge >= 0.3 is 5.97 Å². The van der Waals surface area contributed by atoms with E-state index in [1.807, 2.05) is 19.1 Å². The summed E-state index contributed by atoms with van der Waals surface area (Å²) in [5, 5.41) is 10.9. The first-order valence-electron chi connectivity index (χ1n) is 7.89. The molecule has 0 unspecified atom stereocenters. The highest BCUT2D eigenvalue weighted by Crippen LogP contribution is 2.25. The predicted molar refractivity (Wildman–Crippen MR) is 94.8 cm³/mol.